The molecule has 2 heterocycles. The Morgan fingerprint density at radius 2 is 2.20 bits per heavy atom. The third-order valence-corrected chi connectivity index (χ3v) is 6.63. The van der Waals surface area contributed by atoms with Crippen LogP contribution in [0.15, 0.2) is 35.2 Å². The molecule has 0 N–H and O–H groups in total. The van der Waals surface area contributed by atoms with Crippen molar-refractivity contribution in [3.05, 3.63) is 56.4 Å². The molecular weight excluding hydrogens is 374 g/mol. The molecule has 0 aliphatic heterocycles. The molecule has 0 radical (unpaired) electrons. The number of nitrogens with zero attached hydrogens (tertiary/aromatic N) is 1. The second-order valence-electron chi connectivity index (χ2n) is 5.99. The highest BCUT2D eigenvalue weighted by molar-refractivity contribution is 7.98. The van der Waals surface area contributed by atoms with E-state index < -0.39 is 0 Å². The molecule has 1 aromatic carbocycles. The molecule has 1 aliphatic carbocycles. The average Bonchev–Trinajstić information content (AvgIpc) is 3.21. The molecule has 0 saturated carbocycles. The molecule has 0 amide bonds. The summed E-state index contributed by atoms with van der Waals surface area (Å²) >= 11 is 9.50. The van der Waals surface area contributed by atoms with Crippen molar-refractivity contribution >= 4 is 51.6 Å². The van der Waals surface area contributed by atoms with Gasteiger partial charge in [-0.2, -0.15) is 0 Å². The molecule has 0 unspecified atom stereocenters. The first-order chi connectivity index (χ1) is 12.1. The number of rotatable bonds is 4. The van der Waals surface area contributed by atoms with Crippen molar-refractivity contribution in [3.63, 3.8) is 0 Å². The molecule has 0 spiro atoms. The zero-order valence-electron chi connectivity index (χ0n) is 13.7. The van der Waals surface area contributed by atoms with Crippen LogP contribution in [0.5, 0.6) is 0 Å². The van der Waals surface area contributed by atoms with E-state index in [1.165, 1.54) is 16.9 Å². The van der Waals surface area contributed by atoms with Crippen molar-refractivity contribution in [1.29, 1.82) is 0 Å². The Morgan fingerprint density at radius 1 is 1.32 bits per heavy atom. The number of carbonyl (C=O) groups is 1. The lowest BCUT2D eigenvalue weighted by atomic mass is 10.2. The van der Waals surface area contributed by atoms with Crippen LogP contribution in [-0.2, 0) is 24.2 Å². The highest BCUT2D eigenvalue weighted by Crippen LogP contribution is 2.31. The van der Waals surface area contributed by atoms with Gasteiger partial charge in [0.25, 0.3) is 0 Å². The number of aryl methyl sites for hydroxylation is 2. The minimum Gasteiger partial charge on any atom is -0.457 e. The first-order valence-corrected chi connectivity index (χ1v) is 10.5. The maximum absolute atomic E-state index is 12.3. The number of pyridine rings is 1. The molecule has 3 nitrogen and oxygen atoms in total. The summed E-state index contributed by atoms with van der Waals surface area (Å²) in [6.07, 6.45) is 5.35. The SMILES string of the molecule is CSc1ccc2cc(COC(=O)c3cc4c(s3)CCC4)c(Cl)nc2c1. The third-order valence-electron chi connectivity index (χ3n) is 4.36. The molecule has 0 fully saturated rings. The highest BCUT2D eigenvalue weighted by Gasteiger charge is 2.19. The summed E-state index contributed by atoms with van der Waals surface area (Å²) in [5.41, 5.74) is 2.87. The van der Waals surface area contributed by atoms with Crippen molar-refractivity contribution in [2.45, 2.75) is 30.8 Å². The summed E-state index contributed by atoms with van der Waals surface area (Å²) in [7, 11) is 0. The number of ether oxygens (including phenoxy) is 1. The number of esters is 1. The van der Waals surface area contributed by atoms with E-state index in [0.717, 1.165) is 34.2 Å². The van der Waals surface area contributed by atoms with Gasteiger partial charge in [0, 0.05) is 20.7 Å². The van der Waals surface area contributed by atoms with Crippen LogP contribution in [0.1, 0.15) is 32.1 Å². The fourth-order valence-electron chi connectivity index (χ4n) is 3.04. The van der Waals surface area contributed by atoms with E-state index in [2.05, 4.69) is 4.98 Å². The molecule has 2 aromatic heterocycles. The molecule has 3 aromatic rings. The van der Waals surface area contributed by atoms with Crippen LogP contribution in [-0.4, -0.2) is 17.2 Å². The first kappa shape index (κ1) is 16.9. The Morgan fingerprint density at radius 3 is 3.00 bits per heavy atom. The number of halogens is 1. The molecule has 4 rings (SSSR count). The van der Waals surface area contributed by atoms with Crippen LogP contribution in [0.25, 0.3) is 10.9 Å². The van der Waals surface area contributed by atoms with E-state index in [0.29, 0.717) is 10.0 Å². The standard InChI is InChI=1S/C19H16ClNO2S2/c1-24-14-6-5-11-7-13(18(20)21-15(11)9-14)10-23-19(22)17-8-12-3-2-4-16(12)25-17/h5-9H,2-4,10H2,1H3. The van der Waals surface area contributed by atoms with E-state index in [1.807, 2.05) is 36.6 Å². The van der Waals surface area contributed by atoms with Crippen molar-refractivity contribution in [3.8, 4) is 0 Å². The van der Waals surface area contributed by atoms with Gasteiger partial charge in [-0.15, -0.1) is 23.1 Å². The second-order valence-corrected chi connectivity index (χ2v) is 8.36. The topological polar surface area (TPSA) is 39.2 Å². The number of carbonyl (C=O) groups excluding carboxylic acids is 1. The summed E-state index contributed by atoms with van der Waals surface area (Å²) in [5.74, 6) is -0.284. The second kappa shape index (κ2) is 6.98. The van der Waals surface area contributed by atoms with Gasteiger partial charge in [-0.05, 0) is 55.3 Å². The van der Waals surface area contributed by atoms with Crippen LogP contribution < -0.4 is 0 Å². The molecular formula is C19H16ClNO2S2. The minimum atomic E-state index is -0.284. The van der Waals surface area contributed by atoms with Gasteiger partial charge in [0.05, 0.1) is 5.52 Å². The smallest absolute Gasteiger partial charge is 0.348 e. The van der Waals surface area contributed by atoms with Gasteiger partial charge in [-0.3, -0.25) is 0 Å². The van der Waals surface area contributed by atoms with Gasteiger partial charge in [-0.25, -0.2) is 9.78 Å². The predicted molar refractivity (Wildman–Crippen MR) is 104 cm³/mol. The zero-order chi connectivity index (χ0) is 17.4. The van der Waals surface area contributed by atoms with Crippen molar-refractivity contribution in [1.82, 2.24) is 4.98 Å². The summed E-state index contributed by atoms with van der Waals surface area (Å²) in [6, 6.07) is 9.98. The van der Waals surface area contributed by atoms with Crippen molar-refractivity contribution in [2.24, 2.45) is 0 Å². The number of fused-ring (bicyclic) bond motifs is 2. The van der Waals surface area contributed by atoms with E-state index >= 15 is 0 Å². The number of thioether (sulfide) groups is 1. The molecule has 25 heavy (non-hydrogen) atoms. The van der Waals surface area contributed by atoms with Gasteiger partial charge < -0.3 is 4.74 Å². The maximum Gasteiger partial charge on any atom is 0.348 e. The number of aromatic nitrogens is 1. The Labute approximate surface area is 159 Å². The Kier molecular flexibility index (Phi) is 4.71. The van der Waals surface area contributed by atoms with Crippen molar-refractivity contribution in [2.75, 3.05) is 6.26 Å². The summed E-state index contributed by atoms with van der Waals surface area (Å²) in [6.45, 7) is 0.132. The summed E-state index contributed by atoms with van der Waals surface area (Å²) in [4.78, 5) is 19.9. The van der Waals surface area contributed by atoms with Crippen LogP contribution in [0.2, 0.25) is 5.15 Å². The number of hydrogen-bond donors (Lipinski definition) is 0. The molecule has 0 bridgehead atoms. The molecule has 0 saturated heterocycles. The fourth-order valence-corrected chi connectivity index (χ4v) is 4.82. The van der Waals surface area contributed by atoms with Crippen LogP contribution >= 0.6 is 34.7 Å². The first-order valence-electron chi connectivity index (χ1n) is 8.06. The van der Waals surface area contributed by atoms with E-state index in [-0.39, 0.29) is 12.6 Å². The Balaban J connectivity index is 1.51. The number of thiophene rings is 1. The number of benzene rings is 1. The zero-order valence-corrected chi connectivity index (χ0v) is 16.1. The monoisotopic (exact) mass is 389 g/mol. The van der Waals surface area contributed by atoms with E-state index in [1.54, 1.807) is 23.1 Å². The van der Waals surface area contributed by atoms with Gasteiger partial charge in [0.15, 0.2) is 0 Å². The van der Waals surface area contributed by atoms with Crippen LogP contribution in [0.3, 0.4) is 0 Å². The lowest BCUT2D eigenvalue weighted by Gasteiger charge is -2.08. The normalized spacial score (nSPS) is 13.2. The largest absolute Gasteiger partial charge is 0.457 e. The van der Waals surface area contributed by atoms with Gasteiger partial charge in [-0.1, -0.05) is 17.7 Å². The average molecular weight is 390 g/mol. The van der Waals surface area contributed by atoms with E-state index in [4.69, 9.17) is 16.3 Å². The maximum atomic E-state index is 12.3. The molecule has 6 heteroatoms. The van der Waals surface area contributed by atoms with Gasteiger partial charge >= 0.3 is 5.97 Å². The lowest BCUT2D eigenvalue weighted by molar-refractivity contribution is 0.0478. The number of hydrogen-bond acceptors (Lipinski definition) is 5. The van der Waals surface area contributed by atoms with E-state index in [9.17, 15) is 4.79 Å². The van der Waals surface area contributed by atoms with Gasteiger partial charge in [0.1, 0.15) is 16.6 Å². The van der Waals surface area contributed by atoms with Crippen LogP contribution in [0.4, 0.5) is 0 Å². The molecule has 128 valence electrons. The van der Waals surface area contributed by atoms with Crippen molar-refractivity contribution < 1.29 is 9.53 Å². The predicted octanol–water partition coefficient (Wildman–Crippen LogP) is 5.52. The quantitative estimate of drug-likeness (QED) is 0.334. The summed E-state index contributed by atoms with van der Waals surface area (Å²) in [5, 5.41) is 1.37. The fraction of sp³-hybridized carbons (Fsp3) is 0.263. The molecule has 1 aliphatic rings. The Bertz CT molecular complexity index is 946. The van der Waals surface area contributed by atoms with Gasteiger partial charge in [0.2, 0.25) is 0 Å². The summed E-state index contributed by atoms with van der Waals surface area (Å²) < 4.78 is 5.47. The molecule has 0 atom stereocenters. The highest BCUT2D eigenvalue weighted by atomic mass is 35.5. The third kappa shape index (κ3) is 3.41. The van der Waals surface area contributed by atoms with Crippen LogP contribution in [0, 0.1) is 0 Å². The minimum absolute atomic E-state index is 0.132. The lowest BCUT2D eigenvalue weighted by Crippen LogP contribution is -2.04. The Hall–Kier alpha value is -1.56.